The number of benzene rings is 1. The molecule has 0 saturated heterocycles. The number of aromatic nitrogens is 2. The van der Waals surface area contributed by atoms with Crippen LogP contribution in [0.25, 0.3) is 0 Å². The molecule has 1 aromatic carbocycles. The highest BCUT2D eigenvalue weighted by atomic mass is 16.5. The zero-order valence-corrected chi connectivity index (χ0v) is 17.0. The van der Waals surface area contributed by atoms with Crippen LogP contribution in [0.1, 0.15) is 39.1 Å². The minimum atomic E-state index is -0.833. The topological polar surface area (TPSA) is 130 Å². The summed E-state index contributed by atoms with van der Waals surface area (Å²) in [5.74, 6) is 0.390. The Morgan fingerprint density at radius 1 is 1.25 bits per heavy atom. The SMILES string of the molecule is CC(=O)O.CNCc1nnc(NCC(O)COc2ccc(C(C)(C)C)cc2)o1. The number of hydrogen-bond donors (Lipinski definition) is 4. The molecule has 0 amide bonds. The quantitative estimate of drug-likeness (QED) is 0.531. The first-order valence-electron chi connectivity index (χ1n) is 8.93. The van der Waals surface area contributed by atoms with Crippen LogP contribution in [-0.4, -0.2) is 52.7 Å². The summed E-state index contributed by atoms with van der Waals surface area (Å²) >= 11 is 0. The van der Waals surface area contributed by atoms with Crippen LogP contribution in [0.3, 0.4) is 0 Å². The number of nitrogens with zero attached hydrogens (tertiary/aromatic N) is 2. The number of aliphatic hydroxyl groups excluding tert-OH is 1. The standard InChI is InChI=1S/C17H26N4O3.C2H4O2/c1-17(2,3)12-5-7-14(8-6-12)23-11-13(22)9-19-16-21-20-15(24-16)10-18-4;1-2(3)4/h5-8,13,18,22H,9-11H2,1-4H3,(H,19,21);1H3,(H,3,4). The number of carboxylic acid groups (broad SMARTS) is 1. The van der Waals surface area contributed by atoms with Crippen molar-refractivity contribution in [1.29, 1.82) is 0 Å². The lowest BCUT2D eigenvalue weighted by atomic mass is 9.87. The smallest absolute Gasteiger partial charge is 0.315 e. The van der Waals surface area contributed by atoms with Crippen LogP contribution in [-0.2, 0) is 16.8 Å². The van der Waals surface area contributed by atoms with Crippen LogP contribution in [0.5, 0.6) is 5.75 Å². The van der Waals surface area contributed by atoms with Crippen molar-refractivity contribution in [3.05, 3.63) is 35.7 Å². The highest BCUT2D eigenvalue weighted by molar-refractivity contribution is 5.62. The van der Waals surface area contributed by atoms with Gasteiger partial charge in [-0.05, 0) is 30.2 Å². The highest BCUT2D eigenvalue weighted by Gasteiger charge is 2.13. The van der Waals surface area contributed by atoms with Gasteiger partial charge in [-0.1, -0.05) is 38.0 Å². The number of carbonyl (C=O) groups is 1. The molecule has 0 aliphatic rings. The minimum absolute atomic E-state index is 0.109. The molecule has 0 spiro atoms. The molecule has 0 radical (unpaired) electrons. The summed E-state index contributed by atoms with van der Waals surface area (Å²) < 4.78 is 10.9. The molecule has 0 aliphatic heterocycles. The van der Waals surface area contributed by atoms with Gasteiger partial charge in [-0.2, -0.15) is 0 Å². The number of ether oxygens (including phenoxy) is 1. The lowest BCUT2D eigenvalue weighted by Gasteiger charge is -2.19. The highest BCUT2D eigenvalue weighted by Crippen LogP contribution is 2.24. The molecule has 1 heterocycles. The van der Waals surface area contributed by atoms with Crippen LogP contribution in [0.4, 0.5) is 6.01 Å². The van der Waals surface area contributed by atoms with E-state index in [1.807, 2.05) is 24.3 Å². The molecule has 0 bridgehead atoms. The first-order valence-corrected chi connectivity index (χ1v) is 8.93. The van der Waals surface area contributed by atoms with Crippen molar-refractivity contribution in [2.45, 2.75) is 45.8 Å². The molecule has 2 rings (SSSR count). The van der Waals surface area contributed by atoms with Gasteiger partial charge in [0.1, 0.15) is 18.5 Å². The lowest BCUT2D eigenvalue weighted by Crippen LogP contribution is -2.26. The number of aliphatic hydroxyl groups is 1. The molecular weight excluding hydrogens is 364 g/mol. The van der Waals surface area contributed by atoms with Gasteiger partial charge in [0.25, 0.3) is 5.97 Å². The molecule has 0 saturated carbocycles. The third-order valence-electron chi connectivity index (χ3n) is 3.45. The number of anilines is 1. The maximum atomic E-state index is 9.98. The van der Waals surface area contributed by atoms with Gasteiger partial charge < -0.3 is 30.0 Å². The average molecular weight is 394 g/mol. The third kappa shape index (κ3) is 9.33. The normalized spacial score (nSPS) is 11.9. The largest absolute Gasteiger partial charge is 0.491 e. The van der Waals surface area contributed by atoms with Crippen molar-refractivity contribution < 1.29 is 24.2 Å². The number of rotatable bonds is 8. The van der Waals surface area contributed by atoms with E-state index in [0.29, 0.717) is 12.4 Å². The molecule has 1 atom stereocenters. The maximum absolute atomic E-state index is 9.98. The molecule has 0 aliphatic carbocycles. The Balaban J connectivity index is 0.000000892. The van der Waals surface area contributed by atoms with Gasteiger partial charge in [0.15, 0.2) is 0 Å². The van der Waals surface area contributed by atoms with Crippen molar-refractivity contribution in [2.75, 3.05) is 25.5 Å². The fourth-order valence-corrected chi connectivity index (χ4v) is 2.06. The monoisotopic (exact) mass is 394 g/mol. The second kappa shape index (κ2) is 11.3. The molecule has 2 aromatic rings. The molecule has 9 heteroatoms. The predicted octanol–water partition coefficient (Wildman–Crippen LogP) is 2.03. The van der Waals surface area contributed by atoms with Gasteiger partial charge in [-0.3, -0.25) is 4.79 Å². The van der Waals surface area contributed by atoms with E-state index < -0.39 is 12.1 Å². The fourth-order valence-electron chi connectivity index (χ4n) is 2.06. The van der Waals surface area contributed by atoms with Crippen molar-refractivity contribution in [3.63, 3.8) is 0 Å². The van der Waals surface area contributed by atoms with Gasteiger partial charge >= 0.3 is 6.01 Å². The zero-order chi connectivity index (χ0) is 21.2. The molecule has 4 N–H and O–H groups in total. The van der Waals surface area contributed by atoms with Gasteiger partial charge in [0.2, 0.25) is 5.89 Å². The summed E-state index contributed by atoms with van der Waals surface area (Å²) in [6.45, 7) is 8.53. The molecule has 1 unspecified atom stereocenters. The second-order valence-corrected chi connectivity index (χ2v) is 7.17. The molecule has 28 heavy (non-hydrogen) atoms. The average Bonchev–Trinajstić information content (AvgIpc) is 3.05. The molecule has 1 aromatic heterocycles. The first kappa shape index (κ1) is 23.4. The Hall–Kier alpha value is -2.65. The van der Waals surface area contributed by atoms with Gasteiger partial charge in [-0.25, -0.2) is 0 Å². The Kier molecular flexibility index (Phi) is 9.40. The van der Waals surface area contributed by atoms with E-state index >= 15 is 0 Å². The Bertz CT molecular complexity index is 706. The molecule has 0 fully saturated rings. The number of hydrogen-bond acceptors (Lipinski definition) is 8. The van der Waals surface area contributed by atoms with Crippen molar-refractivity contribution in [1.82, 2.24) is 15.5 Å². The van der Waals surface area contributed by atoms with Crippen LogP contribution in [0, 0.1) is 0 Å². The molecular formula is C19H30N4O5. The number of carboxylic acids is 1. The van der Waals surface area contributed by atoms with E-state index in [1.54, 1.807) is 7.05 Å². The van der Waals surface area contributed by atoms with E-state index in [1.165, 1.54) is 5.56 Å². The van der Waals surface area contributed by atoms with Crippen LogP contribution >= 0.6 is 0 Å². The fraction of sp³-hybridized carbons (Fsp3) is 0.526. The summed E-state index contributed by atoms with van der Waals surface area (Å²) in [5.41, 5.74) is 1.35. The van der Waals surface area contributed by atoms with Gasteiger partial charge in [0.05, 0.1) is 6.54 Å². The van der Waals surface area contributed by atoms with Gasteiger partial charge in [-0.15, -0.1) is 5.10 Å². The Labute approximate surface area is 165 Å². The number of aliphatic carboxylic acids is 1. The molecule has 156 valence electrons. The van der Waals surface area contributed by atoms with Gasteiger partial charge in [0, 0.05) is 13.5 Å². The van der Waals surface area contributed by atoms with Crippen LogP contribution < -0.4 is 15.4 Å². The van der Waals surface area contributed by atoms with Crippen LogP contribution in [0.15, 0.2) is 28.7 Å². The maximum Gasteiger partial charge on any atom is 0.315 e. The molecule has 9 nitrogen and oxygen atoms in total. The summed E-state index contributed by atoms with van der Waals surface area (Å²) in [6.07, 6.45) is -0.688. The zero-order valence-electron chi connectivity index (χ0n) is 17.0. The van der Waals surface area contributed by atoms with E-state index in [0.717, 1.165) is 12.7 Å². The second-order valence-electron chi connectivity index (χ2n) is 7.17. The minimum Gasteiger partial charge on any atom is -0.491 e. The summed E-state index contributed by atoms with van der Waals surface area (Å²) in [4.78, 5) is 9.00. The Morgan fingerprint density at radius 2 is 1.86 bits per heavy atom. The predicted molar refractivity (Wildman–Crippen MR) is 106 cm³/mol. The summed E-state index contributed by atoms with van der Waals surface area (Å²) in [5, 5.41) is 30.9. The third-order valence-corrected chi connectivity index (χ3v) is 3.45. The van der Waals surface area contributed by atoms with Crippen molar-refractivity contribution in [2.24, 2.45) is 0 Å². The van der Waals surface area contributed by atoms with Crippen molar-refractivity contribution in [3.8, 4) is 5.75 Å². The number of nitrogens with one attached hydrogen (secondary N) is 2. The summed E-state index contributed by atoms with van der Waals surface area (Å²) in [7, 11) is 1.80. The Morgan fingerprint density at radius 3 is 2.39 bits per heavy atom. The van der Waals surface area contributed by atoms with E-state index in [4.69, 9.17) is 19.1 Å². The van der Waals surface area contributed by atoms with Crippen molar-refractivity contribution >= 4 is 12.0 Å². The summed E-state index contributed by atoms with van der Waals surface area (Å²) in [6, 6.07) is 8.21. The first-order chi connectivity index (χ1) is 13.1. The van der Waals surface area contributed by atoms with Crippen LogP contribution in [0.2, 0.25) is 0 Å². The lowest BCUT2D eigenvalue weighted by molar-refractivity contribution is -0.134. The van der Waals surface area contributed by atoms with E-state index in [9.17, 15) is 5.11 Å². The van der Waals surface area contributed by atoms with E-state index in [-0.39, 0.29) is 24.6 Å². The van der Waals surface area contributed by atoms with E-state index in [2.05, 4.69) is 41.6 Å².